The van der Waals surface area contributed by atoms with E-state index in [9.17, 15) is 9.59 Å². The number of anilines is 1. The number of carbonyl (C=O) groups excluding carboxylic acids is 2. The van der Waals surface area contributed by atoms with E-state index in [1.807, 2.05) is 37.4 Å². The molecule has 1 aliphatic rings. The van der Waals surface area contributed by atoms with E-state index in [-0.39, 0.29) is 17.7 Å². The summed E-state index contributed by atoms with van der Waals surface area (Å²) in [5.41, 5.74) is 10.8. The monoisotopic (exact) mass is 334 g/mol. The van der Waals surface area contributed by atoms with Gasteiger partial charge in [0.05, 0.1) is 11.8 Å². The van der Waals surface area contributed by atoms with Crippen molar-refractivity contribution < 1.29 is 9.59 Å². The molecule has 6 nitrogen and oxygen atoms in total. The van der Waals surface area contributed by atoms with Gasteiger partial charge in [-0.2, -0.15) is 16.9 Å². The molecule has 7 heteroatoms. The molecule has 2 amide bonds. The van der Waals surface area contributed by atoms with Crippen molar-refractivity contribution in [2.24, 2.45) is 16.8 Å². The van der Waals surface area contributed by atoms with E-state index in [4.69, 9.17) is 5.73 Å². The van der Waals surface area contributed by atoms with Crippen molar-refractivity contribution in [3.05, 3.63) is 29.8 Å². The summed E-state index contributed by atoms with van der Waals surface area (Å²) in [6, 6.07) is 6.91. The van der Waals surface area contributed by atoms with E-state index < -0.39 is 6.04 Å². The SMILES string of the molecule is CSCC[C@H](N)C(=O)Nc1ccc(C2=NNC(=O)CC2C)cc1. The predicted molar refractivity (Wildman–Crippen MR) is 94.5 cm³/mol. The van der Waals surface area contributed by atoms with Crippen LogP contribution >= 0.6 is 11.8 Å². The van der Waals surface area contributed by atoms with Crippen LogP contribution in [0.15, 0.2) is 29.4 Å². The maximum atomic E-state index is 12.0. The molecule has 124 valence electrons. The van der Waals surface area contributed by atoms with Crippen molar-refractivity contribution in [1.82, 2.24) is 5.43 Å². The summed E-state index contributed by atoms with van der Waals surface area (Å²) in [7, 11) is 0. The lowest BCUT2D eigenvalue weighted by Crippen LogP contribution is -2.36. The first-order chi connectivity index (χ1) is 11.0. The minimum absolute atomic E-state index is 0.0654. The average molecular weight is 334 g/mol. The van der Waals surface area contributed by atoms with Crippen LogP contribution in [0.4, 0.5) is 5.69 Å². The van der Waals surface area contributed by atoms with Crippen LogP contribution in [0, 0.1) is 5.92 Å². The van der Waals surface area contributed by atoms with Crippen LogP contribution < -0.4 is 16.5 Å². The van der Waals surface area contributed by atoms with Gasteiger partial charge in [0.2, 0.25) is 11.8 Å². The lowest BCUT2D eigenvalue weighted by atomic mass is 9.94. The molecule has 0 radical (unpaired) electrons. The first-order valence-corrected chi connectivity index (χ1v) is 8.93. The highest BCUT2D eigenvalue weighted by atomic mass is 32.2. The molecule has 0 bridgehead atoms. The average Bonchev–Trinajstić information content (AvgIpc) is 2.53. The fourth-order valence-electron chi connectivity index (χ4n) is 2.34. The number of thioether (sulfide) groups is 1. The lowest BCUT2D eigenvalue weighted by molar-refractivity contribution is -0.122. The molecule has 0 aliphatic carbocycles. The molecule has 0 aromatic heterocycles. The smallest absolute Gasteiger partial charge is 0.241 e. The van der Waals surface area contributed by atoms with E-state index in [1.165, 1.54) is 0 Å². The first kappa shape index (κ1) is 17.5. The third kappa shape index (κ3) is 4.80. The summed E-state index contributed by atoms with van der Waals surface area (Å²) in [6.07, 6.45) is 3.07. The number of nitrogens with two attached hydrogens (primary N) is 1. The van der Waals surface area contributed by atoms with Gasteiger partial charge >= 0.3 is 0 Å². The van der Waals surface area contributed by atoms with Crippen molar-refractivity contribution in [3.63, 3.8) is 0 Å². The third-order valence-corrected chi connectivity index (χ3v) is 4.32. The highest BCUT2D eigenvalue weighted by Gasteiger charge is 2.21. The van der Waals surface area contributed by atoms with Crippen LogP contribution in [0.25, 0.3) is 0 Å². The molecule has 23 heavy (non-hydrogen) atoms. The maximum absolute atomic E-state index is 12.0. The summed E-state index contributed by atoms with van der Waals surface area (Å²) in [4.78, 5) is 23.3. The Kier molecular flexibility index (Phi) is 6.18. The molecule has 1 aromatic carbocycles. The first-order valence-electron chi connectivity index (χ1n) is 7.53. The molecule has 1 unspecified atom stereocenters. The standard InChI is InChI=1S/C16H22N4O2S/c1-10-9-14(21)19-20-15(10)11-3-5-12(6-4-11)18-16(22)13(17)7-8-23-2/h3-6,10,13H,7-9,17H2,1-2H3,(H,18,22)(H,19,21)/t10?,13-/m0/s1. The van der Waals surface area contributed by atoms with E-state index in [1.54, 1.807) is 11.8 Å². The third-order valence-electron chi connectivity index (χ3n) is 3.68. The van der Waals surface area contributed by atoms with Gasteiger partial charge in [0.25, 0.3) is 0 Å². The summed E-state index contributed by atoms with van der Waals surface area (Å²) >= 11 is 1.67. The number of hydrogen-bond acceptors (Lipinski definition) is 5. The molecule has 4 N–H and O–H groups in total. The van der Waals surface area contributed by atoms with Crippen molar-refractivity contribution >= 4 is 35.0 Å². The number of benzene rings is 1. The normalized spacial score (nSPS) is 18.8. The fourth-order valence-corrected chi connectivity index (χ4v) is 2.83. The molecule has 1 aliphatic heterocycles. The van der Waals surface area contributed by atoms with Crippen molar-refractivity contribution in [2.45, 2.75) is 25.8 Å². The molecule has 2 atom stereocenters. The number of hydrogen-bond donors (Lipinski definition) is 3. The summed E-state index contributed by atoms with van der Waals surface area (Å²) in [6.45, 7) is 1.97. The van der Waals surface area contributed by atoms with Gasteiger partial charge in [-0.15, -0.1) is 0 Å². The Morgan fingerprint density at radius 1 is 1.48 bits per heavy atom. The summed E-state index contributed by atoms with van der Waals surface area (Å²) in [5.74, 6) is 0.688. The Hall–Kier alpha value is -1.86. The molecule has 1 heterocycles. The van der Waals surface area contributed by atoms with Crippen molar-refractivity contribution in [3.8, 4) is 0 Å². The number of nitrogens with one attached hydrogen (secondary N) is 2. The molecular formula is C16H22N4O2S. The van der Waals surface area contributed by atoms with Crippen LogP contribution in [-0.4, -0.2) is 35.6 Å². The zero-order valence-corrected chi connectivity index (χ0v) is 14.2. The second-order valence-corrected chi connectivity index (χ2v) is 6.58. The van der Waals surface area contributed by atoms with Gasteiger partial charge < -0.3 is 11.1 Å². The number of hydrazone groups is 1. The van der Waals surface area contributed by atoms with Gasteiger partial charge in [-0.25, -0.2) is 5.43 Å². The number of carbonyl (C=O) groups is 2. The minimum Gasteiger partial charge on any atom is -0.325 e. The van der Waals surface area contributed by atoms with Gasteiger partial charge in [-0.3, -0.25) is 9.59 Å². The Bertz CT molecular complexity index is 601. The number of rotatable bonds is 6. The van der Waals surface area contributed by atoms with Crippen LogP contribution in [0.2, 0.25) is 0 Å². The maximum Gasteiger partial charge on any atom is 0.241 e. The van der Waals surface area contributed by atoms with E-state index >= 15 is 0 Å². The molecule has 1 aromatic rings. The largest absolute Gasteiger partial charge is 0.325 e. The van der Waals surface area contributed by atoms with Crippen molar-refractivity contribution in [2.75, 3.05) is 17.3 Å². The Labute approximate surface area is 140 Å². The quantitative estimate of drug-likeness (QED) is 0.735. The van der Waals surface area contributed by atoms with E-state index in [2.05, 4.69) is 15.8 Å². The highest BCUT2D eigenvalue weighted by molar-refractivity contribution is 7.98. The second-order valence-electron chi connectivity index (χ2n) is 5.59. The lowest BCUT2D eigenvalue weighted by Gasteiger charge is -2.19. The van der Waals surface area contributed by atoms with E-state index in [0.717, 1.165) is 17.0 Å². The molecular weight excluding hydrogens is 312 g/mol. The Balaban J connectivity index is 2.00. The molecule has 0 saturated heterocycles. The number of amides is 2. The topological polar surface area (TPSA) is 96.6 Å². The van der Waals surface area contributed by atoms with Crippen molar-refractivity contribution in [1.29, 1.82) is 0 Å². The minimum atomic E-state index is -0.500. The zero-order chi connectivity index (χ0) is 16.8. The number of nitrogens with zero attached hydrogens (tertiary/aromatic N) is 1. The van der Waals surface area contributed by atoms with Gasteiger partial charge in [0.15, 0.2) is 0 Å². The molecule has 0 saturated carbocycles. The van der Waals surface area contributed by atoms with Crippen LogP contribution in [0.5, 0.6) is 0 Å². The van der Waals surface area contributed by atoms with Crippen LogP contribution in [0.3, 0.4) is 0 Å². The summed E-state index contributed by atoms with van der Waals surface area (Å²) < 4.78 is 0. The van der Waals surface area contributed by atoms with Gasteiger partial charge in [-0.05, 0) is 36.1 Å². The van der Waals surface area contributed by atoms with Gasteiger partial charge in [-0.1, -0.05) is 19.1 Å². The summed E-state index contributed by atoms with van der Waals surface area (Å²) in [5, 5.41) is 6.94. The molecule has 2 rings (SSSR count). The Morgan fingerprint density at radius 2 is 2.17 bits per heavy atom. The van der Waals surface area contributed by atoms with Gasteiger partial charge in [0, 0.05) is 18.0 Å². The highest BCUT2D eigenvalue weighted by Crippen LogP contribution is 2.18. The molecule has 0 fully saturated rings. The Morgan fingerprint density at radius 3 is 2.78 bits per heavy atom. The molecule has 0 spiro atoms. The van der Waals surface area contributed by atoms with Crippen LogP contribution in [0.1, 0.15) is 25.3 Å². The second kappa shape index (κ2) is 8.12. The van der Waals surface area contributed by atoms with Gasteiger partial charge in [0.1, 0.15) is 0 Å². The van der Waals surface area contributed by atoms with Crippen LogP contribution in [-0.2, 0) is 9.59 Å². The fraction of sp³-hybridized carbons (Fsp3) is 0.438. The van der Waals surface area contributed by atoms with E-state index in [0.29, 0.717) is 18.5 Å². The zero-order valence-electron chi connectivity index (χ0n) is 13.3. The predicted octanol–water partition coefficient (Wildman–Crippen LogP) is 1.57.